The van der Waals surface area contributed by atoms with Gasteiger partial charge in [-0.15, -0.1) is 0 Å². The van der Waals surface area contributed by atoms with E-state index in [4.69, 9.17) is 4.74 Å². The fraction of sp³-hybridized carbons (Fsp3) is 0.308. The summed E-state index contributed by atoms with van der Waals surface area (Å²) in [6.07, 6.45) is 2.86. The van der Waals surface area contributed by atoms with E-state index >= 15 is 0 Å². The smallest absolute Gasteiger partial charge is 0.411 e. The Morgan fingerprint density at radius 1 is 1.09 bits per heavy atom. The van der Waals surface area contributed by atoms with E-state index in [2.05, 4.69) is 34.7 Å². The van der Waals surface area contributed by atoms with Gasteiger partial charge in [-0.25, -0.2) is 4.79 Å². The van der Waals surface area contributed by atoms with Crippen molar-refractivity contribution < 1.29 is 24.2 Å². The molecule has 1 aliphatic carbocycles. The number of fused-ring (bicyclic) bond motifs is 3. The summed E-state index contributed by atoms with van der Waals surface area (Å²) in [5.41, 5.74) is 4.14. The van der Waals surface area contributed by atoms with Gasteiger partial charge in [-0.1, -0.05) is 55.5 Å². The van der Waals surface area contributed by atoms with Crippen molar-refractivity contribution in [2.75, 3.05) is 25.0 Å². The number of amides is 2. The first-order valence-electron chi connectivity index (χ1n) is 11.6. The van der Waals surface area contributed by atoms with Crippen LogP contribution in [0.15, 0.2) is 60.9 Å². The molecule has 2 N–H and O–H groups in total. The molecule has 0 unspecified atom stereocenters. The standard InChI is InChI=1S/C26H26N4O5/c1-2-26(24(32)33)15-29(16-26)23(31)13-30-12-17(11-27-30)28-25(34)35-14-22-20-9-5-3-7-18(20)19-8-4-6-10-21(19)22/h3-12,22H,2,13-16H2,1H3,(H,28,34)(H,32,33). The van der Waals surface area contributed by atoms with Crippen LogP contribution in [0.4, 0.5) is 10.5 Å². The summed E-state index contributed by atoms with van der Waals surface area (Å²) in [5, 5.41) is 16.1. The second kappa shape index (κ2) is 8.90. The maximum absolute atomic E-state index is 12.5. The third-order valence-corrected chi connectivity index (χ3v) is 6.99. The molecule has 0 radical (unpaired) electrons. The molecule has 1 saturated heterocycles. The third kappa shape index (κ3) is 4.14. The number of nitrogens with zero attached hydrogens (tertiary/aromatic N) is 3. The molecule has 9 nitrogen and oxygen atoms in total. The van der Waals surface area contributed by atoms with Gasteiger partial charge in [-0.2, -0.15) is 5.10 Å². The van der Waals surface area contributed by atoms with Crippen LogP contribution in [0.25, 0.3) is 11.1 Å². The summed E-state index contributed by atoms with van der Waals surface area (Å²) in [6.45, 7) is 2.37. The van der Waals surface area contributed by atoms with E-state index in [9.17, 15) is 19.5 Å². The number of nitrogens with one attached hydrogen (secondary N) is 1. The average molecular weight is 475 g/mol. The molecule has 1 aromatic heterocycles. The predicted molar refractivity (Wildman–Crippen MR) is 128 cm³/mol. The Kier molecular flexibility index (Phi) is 5.76. The lowest BCUT2D eigenvalue weighted by Gasteiger charge is -2.46. The number of aromatic nitrogens is 2. The SMILES string of the molecule is CCC1(C(=O)O)CN(C(=O)Cn2cc(NC(=O)OCC3c4ccccc4-c4ccccc43)cn2)C1. The van der Waals surface area contributed by atoms with E-state index in [1.165, 1.54) is 15.8 Å². The minimum Gasteiger partial charge on any atom is -0.481 e. The number of carbonyl (C=O) groups is 3. The first kappa shape index (κ1) is 22.6. The largest absolute Gasteiger partial charge is 0.481 e. The molecule has 2 amide bonds. The number of benzene rings is 2. The molecule has 180 valence electrons. The molecule has 2 heterocycles. The number of aliphatic carboxylic acids is 1. The molecule has 1 fully saturated rings. The van der Waals surface area contributed by atoms with Crippen LogP contribution in [-0.2, 0) is 20.9 Å². The van der Waals surface area contributed by atoms with Crippen molar-refractivity contribution in [2.45, 2.75) is 25.8 Å². The molecule has 1 aliphatic heterocycles. The van der Waals surface area contributed by atoms with E-state index in [-0.39, 0.29) is 38.1 Å². The van der Waals surface area contributed by atoms with Crippen molar-refractivity contribution in [1.29, 1.82) is 0 Å². The van der Waals surface area contributed by atoms with Gasteiger partial charge in [-0.05, 0) is 28.7 Å². The van der Waals surface area contributed by atoms with Gasteiger partial charge >= 0.3 is 12.1 Å². The Bertz CT molecular complexity index is 1250. The van der Waals surface area contributed by atoms with Gasteiger partial charge in [-0.3, -0.25) is 19.6 Å². The van der Waals surface area contributed by atoms with Crippen molar-refractivity contribution in [1.82, 2.24) is 14.7 Å². The fourth-order valence-electron chi connectivity index (χ4n) is 4.88. The van der Waals surface area contributed by atoms with Crippen molar-refractivity contribution in [3.63, 3.8) is 0 Å². The highest BCUT2D eigenvalue weighted by molar-refractivity contribution is 5.85. The Hall–Kier alpha value is -4.14. The van der Waals surface area contributed by atoms with E-state index < -0.39 is 17.5 Å². The fourth-order valence-corrected chi connectivity index (χ4v) is 4.88. The summed E-state index contributed by atoms with van der Waals surface area (Å²) in [6, 6.07) is 16.2. The molecule has 2 aromatic carbocycles. The lowest BCUT2D eigenvalue weighted by Crippen LogP contribution is -2.62. The molecule has 35 heavy (non-hydrogen) atoms. The molecule has 0 atom stereocenters. The summed E-state index contributed by atoms with van der Waals surface area (Å²) in [5.74, 6) is -1.13. The Morgan fingerprint density at radius 3 is 2.31 bits per heavy atom. The minimum atomic E-state index is -0.877. The van der Waals surface area contributed by atoms with Crippen molar-refractivity contribution >= 4 is 23.7 Å². The number of ether oxygens (including phenoxy) is 1. The van der Waals surface area contributed by atoms with E-state index in [1.807, 2.05) is 31.2 Å². The third-order valence-electron chi connectivity index (χ3n) is 6.99. The number of carbonyl (C=O) groups excluding carboxylic acids is 2. The first-order chi connectivity index (χ1) is 16.9. The highest BCUT2D eigenvalue weighted by atomic mass is 16.5. The molecular weight excluding hydrogens is 448 g/mol. The molecule has 0 spiro atoms. The van der Waals surface area contributed by atoms with Crippen molar-refractivity contribution in [2.24, 2.45) is 5.41 Å². The summed E-state index contributed by atoms with van der Waals surface area (Å²) in [4.78, 5) is 37.8. The number of hydrogen-bond donors (Lipinski definition) is 2. The lowest BCUT2D eigenvalue weighted by atomic mass is 9.77. The van der Waals surface area contributed by atoms with Crippen LogP contribution in [0, 0.1) is 5.41 Å². The highest BCUT2D eigenvalue weighted by Crippen LogP contribution is 2.44. The Labute approximate surface area is 202 Å². The predicted octanol–water partition coefficient (Wildman–Crippen LogP) is 3.57. The maximum atomic E-state index is 12.5. The topological polar surface area (TPSA) is 114 Å². The molecule has 0 saturated carbocycles. The zero-order valence-corrected chi connectivity index (χ0v) is 19.3. The number of likely N-dealkylation sites (tertiary alicyclic amines) is 1. The minimum absolute atomic E-state index is 0.0359. The second-order valence-electron chi connectivity index (χ2n) is 9.07. The second-order valence-corrected chi connectivity index (χ2v) is 9.07. The monoisotopic (exact) mass is 474 g/mol. The molecule has 2 aliphatic rings. The Balaban J connectivity index is 1.15. The molecule has 9 heteroatoms. The zero-order chi connectivity index (χ0) is 24.6. The summed E-state index contributed by atoms with van der Waals surface area (Å²) >= 11 is 0. The summed E-state index contributed by atoms with van der Waals surface area (Å²) < 4.78 is 6.95. The van der Waals surface area contributed by atoms with Crippen LogP contribution in [0.1, 0.15) is 30.4 Å². The average Bonchev–Trinajstić information content (AvgIpc) is 3.39. The van der Waals surface area contributed by atoms with Gasteiger partial charge in [0.05, 0.1) is 11.9 Å². The van der Waals surface area contributed by atoms with Crippen LogP contribution in [0.3, 0.4) is 0 Å². The highest BCUT2D eigenvalue weighted by Gasteiger charge is 2.49. The molecule has 0 bridgehead atoms. The first-order valence-corrected chi connectivity index (χ1v) is 11.6. The maximum Gasteiger partial charge on any atom is 0.411 e. The normalized spacial score (nSPS) is 15.6. The van der Waals surface area contributed by atoms with Gasteiger partial charge in [0.15, 0.2) is 0 Å². The van der Waals surface area contributed by atoms with Crippen LogP contribution < -0.4 is 5.32 Å². The van der Waals surface area contributed by atoms with Gasteiger partial charge in [0.2, 0.25) is 5.91 Å². The number of rotatable bonds is 7. The van der Waals surface area contributed by atoms with Gasteiger partial charge < -0.3 is 14.7 Å². The number of anilines is 1. The number of carboxylic acids is 1. The van der Waals surface area contributed by atoms with Crippen LogP contribution in [0.2, 0.25) is 0 Å². The Morgan fingerprint density at radius 2 is 1.71 bits per heavy atom. The van der Waals surface area contributed by atoms with Crippen molar-refractivity contribution in [3.8, 4) is 11.1 Å². The van der Waals surface area contributed by atoms with Crippen molar-refractivity contribution in [3.05, 3.63) is 72.1 Å². The van der Waals surface area contributed by atoms with E-state index in [0.29, 0.717) is 12.1 Å². The quantitative estimate of drug-likeness (QED) is 0.541. The van der Waals surface area contributed by atoms with E-state index in [1.54, 1.807) is 6.20 Å². The van der Waals surface area contributed by atoms with Crippen LogP contribution >= 0.6 is 0 Å². The lowest BCUT2D eigenvalue weighted by molar-refractivity contribution is -0.166. The van der Waals surface area contributed by atoms with E-state index in [0.717, 1.165) is 22.3 Å². The zero-order valence-electron chi connectivity index (χ0n) is 19.3. The number of hydrogen-bond acceptors (Lipinski definition) is 5. The van der Waals surface area contributed by atoms with Crippen LogP contribution in [0.5, 0.6) is 0 Å². The number of carboxylic acid groups (broad SMARTS) is 1. The summed E-state index contributed by atoms with van der Waals surface area (Å²) in [7, 11) is 0. The van der Waals surface area contributed by atoms with Gasteiger partial charge in [0.25, 0.3) is 0 Å². The molecule has 3 aromatic rings. The van der Waals surface area contributed by atoms with Crippen LogP contribution in [-0.4, -0.2) is 57.5 Å². The molecular formula is C26H26N4O5. The van der Waals surface area contributed by atoms with Gasteiger partial charge in [0.1, 0.15) is 18.6 Å². The van der Waals surface area contributed by atoms with Gasteiger partial charge in [0, 0.05) is 25.2 Å². The molecule has 5 rings (SSSR count).